The molecule has 1 aliphatic heterocycles. The van der Waals surface area contributed by atoms with E-state index in [9.17, 15) is 0 Å². The van der Waals surface area contributed by atoms with Gasteiger partial charge in [-0.05, 0) is 46.5 Å². The van der Waals surface area contributed by atoms with Gasteiger partial charge in [0.2, 0.25) is 0 Å². The molecule has 0 radical (unpaired) electrons. The van der Waals surface area contributed by atoms with Gasteiger partial charge in [-0.25, -0.2) is 0 Å². The van der Waals surface area contributed by atoms with Crippen molar-refractivity contribution in [3.8, 4) is 0 Å². The van der Waals surface area contributed by atoms with Crippen LogP contribution in [0.2, 0.25) is 0 Å². The van der Waals surface area contributed by atoms with Crippen molar-refractivity contribution in [1.82, 2.24) is 9.78 Å². The van der Waals surface area contributed by atoms with E-state index in [1.807, 2.05) is 6.20 Å². The first-order chi connectivity index (χ1) is 9.87. The quantitative estimate of drug-likeness (QED) is 0.803. The Labute approximate surface area is 128 Å². The van der Waals surface area contributed by atoms with Crippen LogP contribution >= 0.6 is 0 Å². The third-order valence-electron chi connectivity index (χ3n) is 5.35. The fourth-order valence-electron chi connectivity index (χ4n) is 3.21. The lowest BCUT2D eigenvalue weighted by molar-refractivity contribution is 0.00578. The summed E-state index contributed by atoms with van der Waals surface area (Å²) >= 11 is 0. The first-order valence-electron chi connectivity index (χ1n) is 8.25. The zero-order chi connectivity index (χ0) is 15.1. The molecule has 2 heterocycles. The smallest absolute Gasteiger partial charge is 0.399 e. The summed E-state index contributed by atoms with van der Waals surface area (Å²) < 4.78 is 14.2. The molecule has 3 rings (SSSR count). The van der Waals surface area contributed by atoms with Crippen LogP contribution in [0.4, 0.5) is 0 Å². The van der Waals surface area contributed by atoms with Gasteiger partial charge >= 0.3 is 7.12 Å². The lowest BCUT2D eigenvalue weighted by Gasteiger charge is -2.32. The topological polar surface area (TPSA) is 36.3 Å². The van der Waals surface area contributed by atoms with Crippen molar-refractivity contribution in [2.45, 2.75) is 77.5 Å². The second-order valence-electron chi connectivity index (χ2n) is 7.59. The minimum absolute atomic E-state index is 0.289. The van der Waals surface area contributed by atoms with E-state index in [1.165, 1.54) is 32.1 Å². The molecule has 0 N–H and O–H groups in total. The van der Waals surface area contributed by atoms with Crippen LogP contribution in [0.15, 0.2) is 12.4 Å². The van der Waals surface area contributed by atoms with Gasteiger partial charge in [-0.15, -0.1) is 0 Å². The predicted molar refractivity (Wildman–Crippen MR) is 84.5 cm³/mol. The van der Waals surface area contributed by atoms with Crippen molar-refractivity contribution >= 4 is 12.6 Å². The summed E-state index contributed by atoms with van der Waals surface area (Å²) in [5.41, 5.74) is 0.455. The molecule has 0 bridgehead atoms. The fourth-order valence-corrected chi connectivity index (χ4v) is 3.21. The molecule has 0 spiro atoms. The maximum absolute atomic E-state index is 6.08. The Balaban J connectivity index is 1.65. The van der Waals surface area contributed by atoms with Crippen LogP contribution in [0.1, 0.15) is 59.8 Å². The standard InChI is InChI=1S/C16H27BN2O2/c1-15(2)16(3,4)21-17(20-15)14-10-18-19(12-14)11-13-8-6-5-7-9-13/h10,12-13H,5-9,11H2,1-4H3. The Kier molecular flexibility index (Phi) is 3.91. The van der Waals surface area contributed by atoms with E-state index in [4.69, 9.17) is 9.31 Å². The highest BCUT2D eigenvalue weighted by atomic mass is 16.7. The molecule has 0 amide bonds. The molecule has 1 saturated heterocycles. The molecular formula is C16H27BN2O2. The van der Waals surface area contributed by atoms with E-state index in [1.54, 1.807) is 0 Å². The average Bonchev–Trinajstić information content (AvgIpc) is 2.94. The number of nitrogens with zero attached hydrogens (tertiary/aromatic N) is 2. The largest absolute Gasteiger partial charge is 0.498 e. The molecule has 0 aromatic carbocycles. The Hall–Kier alpha value is -0.805. The highest BCUT2D eigenvalue weighted by Crippen LogP contribution is 2.36. The van der Waals surface area contributed by atoms with Crippen LogP contribution in [0.3, 0.4) is 0 Å². The first kappa shape index (κ1) is 15.1. The van der Waals surface area contributed by atoms with E-state index >= 15 is 0 Å². The van der Waals surface area contributed by atoms with Crippen molar-refractivity contribution in [3.05, 3.63) is 12.4 Å². The Bertz CT molecular complexity index is 476. The Morgan fingerprint density at radius 3 is 2.38 bits per heavy atom. The van der Waals surface area contributed by atoms with E-state index in [2.05, 4.69) is 43.7 Å². The van der Waals surface area contributed by atoms with Crippen molar-refractivity contribution in [2.75, 3.05) is 0 Å². The molecule has 1 aliphatic carbocycles. The highest BCUT2D eigenvalue weighted by Gasteiger charge is 2.52. The average molecular weight is 290 g/mol. The molecule has 5 heteroatoms. The van der Waals surface area contributed by atoms with E-state index < -0.39 is 0 Å². The lowest BCUT2D eigenvalue weighted by atomic mass is 9.82. The molecular weight excluding hydrogens is 263 g/mol. The van der Waals surface area contributed by atoms with Crippen LogP contribution < -0.4 is 5.46 Å². The predicted octanol–water partition coefficient (Wildman–Crippen LogP) is 2.76. The molecule has 2 aliphatic rings. The summed E-state index contributed by atoms with van der Waals surface area (Å²) in [5.74, 6) is 0.782. The number of aromatic nitrogens is 2. The summed E-state index contributed by atoms with van der Waals surface area (Å²) in [4.78, 5) is 0. The zero-order valence-electron chi connectivity index (χ0n) is 13.8. The van der Waals surface area contributed by atoms with E-state index in [-0.39, 0.29) is 18.3 Å². The summed E-state index contributed by atoms with van der Waals surface area (Å²) in [5, 5.41) is 4.51. The summed E-state index contributed by atoms with van der Waals surface area (Å²) in [7, 11) is -0.296. The number of hydrogen-bond acceptors (Lipinski definition) is 3. The zero-order valence-corrected chi connectivity index (χ0v) is 13.8. The Morgan fingerprint density at radius 1 is 1.14 bits per heavy atom. The van der Waals surface area contributed by atoms with Gasteiger partial charge < -0.3 is 9.31 Å². The van der Waals surface area contributed by atoms with Gasteiger partial charge in [0.15, 0.2) is 0 Å². The molecule has 0 unspecified atom stereocenters. The summed E-state index contributed by atoms with van der Waals surface area (Å²) in [6, 6.07) is 0. The van der Waals surface area contributed by atoms with Gasteiger partial charge in [-0.1, -0.05) is 19.3 Å². The molecule has 1 saturated carbocycles. The number of rotatable bonds is 3. The molecule has 21 heavy (non-hydrogen) atoms. The second-order valence-corrected chi connectivity index (χ2v) is 7.59. The van der Waals surface area contributed by atoms with Gasteiger partial charge in [0.05, 0.1) is 11.2 Å². The van der Waals surface area contributed by atoms with Crippen LogP contribution in [0, 0.1) is 5.92 Å². The first-order valence-corrected chi connectivity index (χ1v) is 8.25. The van der Waals surface area contributed by atoms with Crippen LogP contribution in [-0.2, 0) is 15.9 Å². The maximum atomic E-state index is 6.08. The lowest BCUT2D eigenvalue weighted by Crippen LogP contribution is -2.41. The maximum Gasteiger partial charge on any atom is 0.498 e. The summed E-state index contributed by atoms with van der Waals surface area (Å²) in [6.07, 6.45) is 10.8. The fraction of sp³-hybridized carbons (Fsp3) is 0.812. The van der Waals surface area contributed by atoms with Gasteiger partial charge in [0, 0.05) is 24.4 Å². The van der Waals surface area contributed by atoms with Gasteiger partial charge in [0.25, 0.3) is 0 Å². The van der Waals surface area contributed by atoms with E-state index in [0.717, 1.165) is 17.9 Å². The normalized spacial score (nSPS) is 25.4. The monoisotopic (exact) mass is 290 g/mol. The van der Waals surface area contributed by atoms with Gasteiger partial charge in [-0.2, -0.15) is 5.10 Å². The minimum Gasteiger partial charge on any atom is -0.399 e. The van der Waals surface area contributed by atoms with Crippen LogP contribution in [-0.4, -0.2) is 28.1 Å². The minimum atomic E-state index is -0.296. The second kappa shape index (κ2) is 5.43. The van der Waals surface area contributed by atoms with Crippen molar-refractivity contribution < 1.29 is 9.31 Å². The molecule has 4 nitrogen and oxygen atoms in total. The highest BCUT2D eigenvalue weighted by molar-refractivity contribution is 6.61. The van der Waals surface area contributed by atoms with Crippen LogP contribution in [0.25, 0.3) is 0 Å². The van der Waals surface area contributed by atoms with Crippen LogP contribution in [0.5, 0.6) is 0 Å². The van der Waals surface area contributed by atoms with Crippen molar-refractivity contribution in [3.63, 3.8) is 0 Å². The molecule has 0 atom stereocenters. The van der Waals surface area contributed by atoms with Gasteiger partial charge in [0.1, 0.15) is 0 Å². The third-order valence-corrected chi connectivity index (χ3v) is 5.35. The molecule has 1 aromatic heterocycles. The number of hydrogen-bond donors (Lipinski definition) is 0. The third kappa shape index (κ3) is 3.04. The van der Waals surface area contributed by atoms with Gasteiger partial charge in [-0.3, -0.25) is 4.68 Å². The summed E-state index contributed by atoms with van der Waals surface area (Å²) in [6.45, 7) is 9.36. The van der Waals surface area contributed by atoms with Crippen molar-refractivity contribution in [2.24, 2.45) is 5.92 Å². The molecule has 1 aromatic rings. The SMILES string of the molecule is CC1(C)OB(c2cnn(CC3CCCCC3)c2)OC1(C)C. The molecule has 116 valence electrons. The van der Waals surface area contributed by atoms with E-state index in [0.29, 0.717) is 0 Å². The molecule has 2 fully saturated rings. The Morgan fingerprint density at radius 2 is 1.76 bits per heavy atom. The van der Waals surface area contributed by atoms with Crippen molar-refractivity contribution in [1.29, 1.82) is 0 Å².